The van der Waals surface area contributed by atoms with Crippen LogP contribution < -0.4 is 9.80 Å². The van der Waals surface area contributed by atoms with E-state index in [9.17, 15) is 0 Å². The van der Waals surface area contributed by atoms with E-state index in [0.717, 1.165) is 44.7 Å². The summed E-state index contributed by atoms with van der Waals surface area (Å²) in [5.74, 6) is 0. The van der Waals surface area contributed by atoms with Crippen molar-refractivity contribution >= 4 is 78.6 Å². The van der Waals surface area contributed by atoms with E-state index in [-0.39, 0.29) is 0 Å². The molecule has 0 amide bonds. The van der Waals surface area contributed by atoms with Crippen LogP contribution in [0, 0.1) is 0 Å². The molecule has 0 spiro atoms. The molecule has 3 nitrogen and oxygen atoms in total. The normalized spacial score (nSPS) is 12.3. The van der Waals surface area contributed by atoms with Gasteiger partial charge >= 0.3 is 0 Å². The molecule has 0 saturated heterocycles. The lowest BCUT2D eigenvalue weighted by Crippen LogP contribution is -2.14. The zero-order valence-corrected chi connectivity index (χ0v) is 27.8. The smallest absolute Gasteiger partial charge is 0.135 e. The van der Waals surface area contributed by atoms with Crippen LogP contribution in [0.5, 0.6) is 0 Å². The van der Waals surface area contributed by atoms with Crippen LogP contribution >= 0.6 is 11.8 Å². The number of nitrogens with zero attached hydrogens (tertiary/aromatic N) is 2. The first-order valence-electron chi connectivity index (χ1n) is 16.8. The van der Waals surface area contributed by atoms with Crippen molar-refractivity contribution in [3.05, 3.63) is 182 Å². The van der Waals surface area contributed by atoms with Crippen LogP contribution in [0.2, 0.25) is 0 Å². The van der Waals surface area contributed by atoms with Gasteiger partial charge in [0.2, 0.25) is 0 Å². The molecule has 1 aromatic heterocycles. The van der Waals surface area contributed by atoms with Crippen molar-refractivity contribution in [1.29, 1.82) is 0 Å². The maximum absolute atomic E-state index is 6.20. The van der Waals surface area contributed by atoms with E-state index < -0.39 is 0 Å². The molecule has 2 heterocycles. The summed E-state index contributed by atoms with van der Waals surface area (Å²) in [4.78, 5) is 7.23. The van der Waals surface area contributed by atoms with Crippen molar-refractivity contribution < 1.29 is 4.42 Å². The van der Waals surface area contributed by atoms with E-state index in [1.165, 1.54) is 43.1 Å². The first-order valence-corrected chi connectivity index (χ1v) is 17.7. The molecule has 10 rings (SSSR count). The van der Waals surface area contributed by atoms with Gasteiger partial charge in [-0.15, -0.1) is 0 Å². The van der Waals surface area contributed by atoms with Gasteiger partial charge in [0.1, 0.15) is 11.2 Å². The van der Waals surface area contributed by atoms with Crippen LogP contribution in [0.1, 0.15) is 0 Å². The van der Waals surface area contributed by atoms with Crippen LogP contribution in [0.25, 0.3) is 43.8 Å². The number of benzene rings is 8. The second-order valence-corrected chi connectivity index (χ2v) is 13.7. The van der Waals surface area contributed by atoms with Crippen LogP contribution in [0.3, 0.4) is 0 Å². The molecule has 0 saturated carbocycles. The van der Waals surface area contributed by atoms with Crippen molar-refractivity contribution in [2.75, 3.05) is 9.80 Å². The first-order chi connectivity index (χ1) is 24.8. The Bertz CT molecular complexity index is 2690. The highest BCUT2D eigenvalue weighted by Crippen LogP contribution is 2.52. The minimum Gasteiger partial charge on any atom is -0.456 e. The zero-order valence-electron chi connectivity index (χ0n) is 27.0. The molecule has 0 bridgehead atoms. The van der Waals surface area contributed by atoms with Crippen LogP contribution in [-0.2, 0) is 0 Å². The highest BCUT2D eigenvalue weighted by molar-refractivity contribution is 7.99. The third-order valence-electron chi connectivity index (χ3n) is 9.63. The van der Waals surface area contributed by atoms with Crippen LogP contribution in [0.4, 0.5) is 34.1 Å². The highest BCUT2D eigenvalue weighted by Gasteiger charge is 2.25. The largest absolute Gasteiger partial charge is 0.456 e. The Morgan fingerprint density at radius 1 is 0.440 bits per heavy atom. The maximum Gasteiger partial charge on any atom is 0.135 e. The predicted molar refractivity (Wildman–Crippen MR) is 210 cm³/mol. The minimum absolute atomic E-state index is 0.891. The van der Waals surface area contributed by atoms with E-state index in [1.807, 2.05) is 23.9 Å². The average Bonchev–Trinajstić information content (AvgIpc) is 3.56. The average molecular weight is 659 g/mol. The number of fused-ring (bicyclic) bond motifs is 6. The van der Waals surface area contributed by atoms with Gasteiger partial charge in [0, 0.05) is 43.0 Å². The Morgan fingerprint density at radius 3 is 2.02 bits per heavy atom. The van der Waals surface area contributed by atoms with Crippen molar-refractivity contribution in [1.82, 2.24) is 0 Å². The van der Waals surface area contributed by atoms with Crippen molar-refractivity contribution in [2.45, 2.75) is 9.79 Å². The van der Waals surface area contributed by atoms with Gasteiger partial charge in [0.05, 0.1) is 17.1 Å². The molecule has 0 fully saturated rings. The summed E-state index contributed by atoms with van der Waals surface area (Å²) in [5.41, 5.74) is 11.0. The molecule has 0 N–H and O–H groups in total. The summed E-state index contributed by atoms with van der Waals surface area (Å²) < 4.78 is 6.20. The molecule has 4 heteroatoms. The molecule has 0 atom stereocenters. The van der Waals surface area contributed by atoms with Crippen molar-refractivity contribution in [3.63, 3.8) is 0 Å². The lowest BCUT2D eigenvalue weighted by atomic mass is 10.0. The van der Waals surface area contributed by atoms with Gasteiger partial charge in [0.15, 0.2) is 0 Å². The summed E-state index contributed by atoms with van der Waals surface area (Å²) in [6.45, 7) is 0. The van der Waals surface area contributed by atoms with Gasteiger partial charge < -0.3 is 14.2 Å². The lowest BCUT2D eigenvalue weighted by molar-refractivity contribution is 0.669. The molecule has 1 aliphatic heterocycles. The topological polar surface area (TPSA) is 19.6 Å². The molecular formula is C46H30N2OS. The number of rotatable bonds is 5. The van der Waals surface area contributed by atoms with Crippen molar-refractivity contribution in [3.8, 4) is 11.1 Å². The fourth-order valence-corrected chi connectivity index (χ4v) is 8.38. The second-order valence-electron chi connectivity index (χ2n) is 12.6. The second kappa shape index (κ2) is 11.7. The molecule has 1 aliphatic rings. The zero-order chi connectivity index (χ0) is 33.0. The number of furan rings is 1. The third kappa shape index (κ3) is 4.76. The highest BCUT2D eigenvalue weighted by atomic mass is 32.2. The predicted octanol–water partition coefficient (Wildman–Crippen LogP) is 13.8. The van der Waals surface area contributed by atoms with E-state index in [1.54, 1.807) is 0 Å². The third-order valence-corrected chi connectivity index (χ3v) is 10.7. The molecule has 0 radical (unpaired) electrons. The Balaban J connectivity index is 1.08. The van der Waals surface area contributed by atoms with Gasteiger partial charge in [-0.1, -0.05) is 115 Å². The van der Waals surface area contributed by atoms with Gasteiger partial charge in [-0.3, -0.25) is 0 Å². The minimum atomic E-state index is 0.891. The van der Waals surface area contributed by atoms with Gasteiger partial charge in [-0.2, -0.15) is 0 Å². The van der Waals surface area contributed by atoms with Gasteiger partial charge in [-0.05, 0) is 95.4 Å². The fraction of sp³-hybridized carbons (Fsp3) is 0. The Labute approximate surface area is 294 Å². The fourth-order valence-electron chi connectivity index (χ4n) is 7.28. The lowest BCUT2D eigenvalue weighted by Gasteiger charge is -2.33. The molecule has 9 aromatic rings. The number of anilines is 6. The molecule has 8 aromatic carbocycles. The van der Waals surface area contributed by atoms with Gasteiger partial charge in [-0.25, -0.2) is 0 Å². The number of hydrogen-bond donors (Lipinski definition) is 0. The van der Waals surface area contributed by atoms with Crippen LogP contribution in [0.15, 0.2) is 196 Å². The Morgan fingerprint density at radius 2 is 1.12 bits per heavy atom. The Kier molecular flexibility index (Phi) is 6.74. The Hall–Kier alpha value is -6.23. The monoisotopic (exact) mass is 658 g/mol. The van der Waals surface area contributed by atoms with E-state index in [4.69, 9.17) is 4.42 Å². The summed E-state index contributed by atoms with van der Waals surface area (Å²) in [6.07, 6.45) is 0. The number of hydrogen-bond acceptors (Lipinski definition) is 4. The molecular weight excluding hydrogens is 629 g/mol. The number of para-hydroxylation sites is 3. The maximum atomic E-state index is 6.20. The van der Waals surface area contributed by atoms with Gasteiger partial charge in [0.25, 0.3) is 0 Å². The molecule has 236 valence electrons. The quantitative estimate of drug-likeness (QED) is 0.183. The van der Waals surface area contributed by atoms with E-state index in [2.05, 4.69) is 180 Å². The summed E-state index contributed by atoms with van der Waals surface area (Å²) in [7, 11) is 0. The van der Waals surface area contributed by atoms with Crippen molar-refractivity contribution in [2.24, 2.45) is 0 Å². The standard InChI is InChI=1S/C46H30N2OS/c1-2-13-34(14-3-1)48-41-17-7-9-20-45(41)50-46-29-33(23-27-42(46)48)31-21-24-35(25-22-31)47(40-18-10-12-32-11-4-5-15-37(32)40)36-26-28-44-39(30-36)38-16-6-8-19-43(38)49-44/h1-30H. The molecule has 50 heavy (non-hydrogen) atoms. The molecule has 0 unspecified atom stereocenters. The summed E-state index contributed by atoms with van der Waals surface area (Å²) >= 11 is 1.84. The summed E-state index contributed by atoms with van der Waals surface area (Å²) in [5, 5.41) is 4.64. The van der Waals surface area contributed by atoms with E-state index >= 15 is 0 Å². The van der Waals surface area contributed by atoms with E-state index in [0.29, 0.717) is 0 Å². The SMILES string of the molecule is c1ccc(N2c3ccccc3Sc3cc(-c4ccc(N(c5ccc6oc7ccccc7c6c5)c5cccc6ccccc56)cc4)ccc32)cc1. The van der Waals surface area contributed by atoms with Crippen LogP contribution in [-0.4, -0.2) is 0 Å². The first kappa shape index (κ1) is 28.8. The molecule has 0 aliphatic carbocycles. The summed E-state index contributed by atoms with van der Waals surface area (Å²) in [6, 6.07) is 65.0.